The summed E-state index contributed by atoms with van der Waals surface area (Å²) in [7, 11) is 0. The van der Waals surface area contributed by atoms with Crippen LogP contribution in [0.3, 0.4) is 0 Å². The number of fused-ring (bicyclic) bond motifs is 7. The van der Waals surface area contributed by atoms with Crippen LogP contribution in [0.25, 0.3) is 117 Å². The van der Waals surface area contributed by atoms with Gasteiger partial charge in [0.25, 0.3) is 0 Å². The maximum absolute atomic E-state index is 7.02. The average Bonchev–Trinajstić information content (AvgIpc) is 3.87. The Bertz CT molecular complexity index is 3530. The van der Waals surface area contributed by atoms with Gasteiger partial charge in [-0.05, 0) is 57.8 Å². The summed E-state index contributed by atoms with van der Waals surface area (Å²) in [5.74, 6) is 1.80. The molecule has 0 N–H and O–H groups in total. The molecule has 0 saturated heterocycles. The molecule has 60 heavy (non-hydrogen) atoms. The normalized spacial score (nSPS) is 11.7. The van der Waals surface area contributed by atoms with Gasteiger partial charge in [0.15, 0.2) is 17.5 Å². The molecule has 0 saturated carbocycles. The standard InChI is InChI=1S/C55H34N4O/c1-4-16-35(17-5-1)39-30-31-44-43-25-12-13-28-48(43)59(49(44)32-39)40-33-46(42-26-14-23-36-18-10-11-24-41(36)42)52-47(34-40)51-45(27-15-29-50(51)60-52)55-57-53(37-19-6-2-7-20-37)56-54(58-55)38-21-8-3-9-22-38/h1-34H. The maximum atomic E-state index is 7.02. The Morgan fingerprint density at radius 3 is 1.68 bits per heavy atom. The van der Waals surface area contributed by atoms with Gasteiger partial charge < -0.3 is 8.98 Å². The van der Waals surface area contributed by atoms with Crippen molar-refractivity contribution in [2.24, 2.45) is 0 Å². The zero-order valence-corrected chi connectivity index (χ0v) is 32.3. The zero-order chi connectivity index (χ0) is 39.6. The average molecular weight is 767 g/mol. The van der Waals surface area contributed by atoms with Gasteiger partial charge in [-0.25, -0.2) is 15.0 Å². The summed E-state index contributed by atoms with van der Waals surface area (Å²) in [6.45, 7) is 0. The van der Waals surface area contributed by atoms with E-state index in [0.717, 1.165) is 77.4 Å². The lowest BCUT2D eigenvalue weighted by Gasteiger charge is -2.14. The highest BCUT2D eigenvalue weighted by molar-refractivity contribution is 6.18. The first kappa shape index (κ1) is 33.9. The van der Waals surface area contributed by atoms with E-state index < -0.39 is 0 Å². The van der Waals surface area contributed by atoms with Gasteiger partial charge in [-0.15, -0.1) is 0 Å². The van der Waals surface area contributed by atoms with Gasteiger partial charge in [0.2, 0.25) is 0 Å². The highest BCUT2D eigenvalue weighted by atomic mass is 16.3. The maximum Gasteiger partial charge on any atom is 0.164 e. The van der Waals surface area contributed by atoms with E-state index in [-0.39, 0.29) is 0 Å². The summed E-state index contributed by atoms with van der Waals surface area (Å²) in [6, 6.07) is 72.2. The van der Waals surface area contributed by atoms with Crippen molar-refractivity contribution in [1.29, 1.82) is 0 Å². The number of para-hydroxylation sites is 1. The smallest absolute Gasteiger partial charge is 0.164 e. The second kappa shape index (κ2) is 13.8. The van der Waals surface area contributed by atoms with E-state index in [1.54, 1.807) is 0 Å². The van der Waals surface area contributed by atoms with E-state index in [0.29, 0.717) is 17.5 Å². The summed E-state index contributed by atoms with van der Waals surface area (Å²) >= 11 is 0. The van der Waals surface area contributed by atoms with Crippen molar-refractivity contribution < 1.29 is 4.42 Å². The molecule has 3 aromatic heterocycles. The fourth-order valence-corrected chi connectivity index (χ4v) is 8.88. The second-order valence-electron chi connectivity index (χ2n) is 15.2. The molecule has 12 rings (SSSR count). The number of hydrogen-bond acceptors (Lipinski definition) is 4. The molecule has 0 atom stereocenters. The summed E-state index contributed by atoms with van der Waals surface area (Å²) in [5, 5.41) is 6.65. The van der Waals surface area contributed by atoms with Crippen LogP contribution in [0.2, 0.25) is 0 Å². The predicted molar refractivity (Wildman–Crippen MR) is 246 cm³/mol. The van der Waals surface area contributed by atoms with Gasteiger partial charge in [-0.2, -0.15) is 0 Å². The van der Waals surface area contributed by atoms with Crippen LogP contribution in [0.15, 0.2) is 211 Å². The van der Waals surface area contributed by atoms with Gasteiger partial charge in [-0.1, -0.05) is 176 Å². The van der Waals surface area contributed by atoms with Crippen molar-refractivity contribution in [1.82, 2.24) is 19.5 Å². The van der Waals surface area contributed by atoms with Crippen LogP contribution >= 0.6 is 0 Å². The summed E-state index contributed by atoms with van der Waals surface area (Å²) in [5.41, 5.74) is 12.0. The molecule has 0 aliphatic carbocycles. The van der Waals surface area contributed by atoms with Crippen molar-refractivity contribution >= 4 is 54.5 Å². The molecular weight excluding hydrogens is 733 g/mol. The Morgan fingerprint density at radius 2 is 0.933 bits per heavy atom. The van der Waals surface area contributed by atoms with E-state index in [1.165, 1.54) is 21.7 Å². The molecule has 3 heterocycles. The van der Waals surface area contributed by atoms with Crippen LogP contribution in [0.5, 0.6) is 0 Å². The van der Waals surface area contributed by atoms with E-state index in [9.17, 15) is 0 Å². The molecule has 0 amide bonds. The van der Waals surface area contributed by atoms with E-state index >= 15 is 0 Å². The van der Waals surface area contributed by atoms with Gasteiger partial charge in [0.05, 0.1) is 11.0 Å². The van der Waals surface area contributed by atoms with Crippen LogP contribution < -0.4 is 0 Å². The first-order chi connectivity index (χ1) is 29.7. The third-order valence-corrected chi connectivity index (χ3v) is 11.6. The van der Waals surface area contributed by atoms with Crippen molar-refractivity contribution in [2.75, 3.05) is 0 Å². The Hall–Kier alpha value is -8.15. The van der Waals surface area contributed by atoms with Crippen LogP contribution in [-0.4, -0.2) is 19.5 Å². The largest absolute Gasteiger partial charge is 0.455 e. The predicted octanol–water partition coefficient (Wildman–Crippen LogP) is 14.4. The fraction of sp³-hybridized carbons (Fsp3) is 0. The Morgan fingerprint density at radius 1 is 0.350 bits per heavy atom. The van der Waals surface area contributed by atoms with Crippen LogP contribution in [0.1, 0.15) is 0 Å². The monoisotopic (exact) mass is 766 g/mol. The van der Waals surface area contributed by atoms with Crippen LogP contribution in [-0.2, 0) is 0 Å². The second-order valence-corrected chi connectivity index (χ2v) is 15.2. The van der Waals surface area contributed by atoms with Gasteiger partial charge in [-0.3, -0.25) is 0 Å². The molecule has 280 valence electrons. The molecule has 5 nitrogen and oxygen atoms in total. The van der Waals surface area contributed by atoms with Crippen molar-refractivity contribution in [3.05, 3.63) is 206 Å². The molecule has 0 bridgehead atoms. The number of benzene rings is 9. The molecule has 0 aliphatic heterocycles. The minimum absolute atomic E-state index is 0.581. The van der Waals surface area contributed by atoms with Crippen LogP contribution in [0.4, 0.5) is 0 Å². The molecule has 12 aromatic rings. The molecule has 0 aliphatic rings. The lowest BCUT2D eigenvalue weighted by molar-refractivity contribution is 0.670. The molecule has 5 heteroatoms. The summed E-state index contributed by atoms with van der Waals surface area (Å²) in [6.07, 6.45) is 0. The van der Waals surface area contributed by atoms with Gasteiger partial charge >= 0.3 is 0 Å². The number of aromatic nitrogens is 4. The number of hydrogen-bond donors (Lipinski definition) is 0. The highest BCUT2D eigenvalue weighted by Crippen LogP contribution is 2.45. The SMILES string of the molecule is c1ccc(-c2ccc3c4ccccc4n(-c4cc(-c5cccc6ccccc56)c5oc6cccc(-c7nc(-c8ccccc8)nc(-c8ccccc8)n7)c6c5c4)c3c2)cc1. The quantitative estimate of drug-likeness (QED) is 0.169. The summed E-state index contributed by atoms with van der Waals surface area (Å²) < 4.78 is 9.44. The van der Waals surface area contributed by atoms with Gasteiger partial charge in [0.1, 0.15) is 11.2 Å². The topological polar surface area (TPSA) is 56.7 Å². The Kier molecular flexibility index (Phi) is 7.78. The number of rotatable bonds is 6. The molecule has 0 unspecified atom stereocenters. The number of nitrogens with zero attached hydrogens (tertiary/aromatic N) is 4. The summed E-state index contributed by atoms with van der Waals surface area (Å²) in [4.78, 5) is 15.4. The van der Waals surface area contributed by atoms with Crippen molar-refractivity contribution in [2.45, 2.75) is 0 Å². The molecule has 0 spiro atoms. The van der Waals surface area contributed by atoms with E-state index in [4.69, 9.17) is 19.4 Å². The minimum atomic E-state index is 0.581. The minimum Gasteiger partial charge on any atom is -0.455 e. The molecular formula is C55H34N4O. The van der Waals surface area contributed by atoms with E-state index in [1.807, 2.05) is 66.7 Å². The van der Waals surface area contributed by atoms with Gasteiger partial charge in [0, 0.05) is 49.5 Å². The first-order valence-electron chi connectivity index (χ1n) is 20.2. The van der Waals surface area contributed by atoms with Crippen molar-refractivity contribution in [3.63, 3.8) is 0 Å². The lowest BCUT2D eigenvalue weighted by Crippen LogP contribution is -2.00. The Balaban J connectivity index is 1.19. The zero-order valence-electron chi connectivity index (χ0n) is 32.3. The molecule has 0 radical (unpaired) electrons. The number of furan rings is 1. The fourth-order valence-electron chi connectivity index (χ4n) is 8.88. The molecule has 0 fully saturated rings. The highest BCUT2D eigenvalue weighted by Gasteiger charge is 2.23. The molecule has 9 aromatic carbocycles. The van der Waals surface area contributed by atoms with Crippen molar-refractivity contribution in [3.8, 4) is 62.1 Å². The van der Waals surface area contributed by atoms with Crippen LogP contribution in [0, 0.1) is 0 Å². The Labute approximate surface area is 345 Å². The lowest BCUT2D eigenvalue weighted by atomic mass is 9.95. The third-order valence-electron chi connectivity index (χ3n) is 11.6. The third kappa shape index (κ3) is 5.52. The first-order valence-corrected chi connectivity index (χ1v) is 20.2. The van der Waals surface area contributed by atoms with E-state index in [2.05, 4.69) is 144 Å².